The third-order valence-electron chi connectivity index (χ3n) is 3.46. The minimum Gasteiger partial charge on any atom is -0.497 e. The maximum Gasteiger partial charge on any atom is 0.249 e. The van der Waals surface area contributed by atoms with Crippen LogP contribution < -0.4 is 10.1 Å². The molecule has 2 heterocycles. The van der Waals surface area contributed by atoms with Gasteiger partial charge in [-0.25, -0.2) is 4.98 Å². The van der Waals surface area contributed by atoms with Gasteiger partial charge in [0.1, 0.15) is 11.6 Å². The molecule has 0 aliphatic heterocycles. The van der Waals surface area contributed by atoms with Crippen LogP contribution >= 0.6 is 11.3 Å². The Hall–Kier alpha value is -2.93. The van der Waals surface area contributed by atoms with Crippen LogP contribution in [0.1, 0.15) is 12.6 Å². The molecule has 128 valence electrons. The van der Waals surface area contributed by atoms with Gasteiger partial charge in [0.2, 0.25) is 11.0 Å². The summed E-state index contributed by atoms with van der Waals surface area (Å²) in [5.74, 6) is 1.20. The van der Waals surface area contributed by atoms with Crippen LogP contribution in [0.3, 0.4) is 0 Å². The molecule has 7 heteroatoms. The van der Waals surface area contributed by atoms with E-state index in [0.29, 0.717) is 10.9 Å². The average molecular weight is 354 g/mol. The molecule has 0 radical (unpaired) electrons. The molecule has 0 aliphatic carbocycles. The largest absolute Gasteiger partial charge is 0.497 e. The number of ether oxygens (including phenoxy) is 1. The van der Waals surface area contributed by atoms with E-state index in [-0.39, 0.29) is 5.91 Å². The predicted octanol–water partition coefficient (Wildman–Crippen LogP) is 3.83. The van der Waals surface area contributed by atoms with Crippen molar-refractivity contribution >= 4 is 23.1 Å². The minimum absolute atomic E-state index is 0.199. The van der Waals surface area contributed by atoms with Gasteiger partial charge in [0.05, 0.1) is 18.5 Å². The van der Waals surface area contributed by atoms with Crippen molar-refractivity contribution in [2.24, 2.45) is 0 Å². The van der Waals surface area contributed by atoms with Gasteiger partial charge in [-0.15, -0.1) is 11.3 Å². The number of anilines is 1. The average Bonchev–Trinajstić information content (AvgIpc) is 3.22. The van der Waals surface area contributed by atoms with Crippen molar-refractivity contribution in [3.8, 4) is 22.1 Å². The predicted molar refractivity (Wildman–Crippen MR) is 99.4 cm³/mol. The summed E-state index contributed by atoms with van der Waals surface area (Å²) in [7, 11) is 1.64. The first-order chi connectivity index (χ1) is 12.1. The minimum atomic E-state index is -0.199. The summed E-state index contributed by atoms with van der Waals surface area (Å²) in [6, 6.07) is 9.53. The number of methoxy groups -OCH3 is 1. The Balaban J connectivity index is 1.90. The van der Waals surface area contributed by atoms with Gasteiger partial charge in [0.25, 0.3) is 0 Å². The lowest BCUT2D eigenvalue weighted by Crippen LogP contribution is -2.12. The summed E-state index contributed by atoms with van der Waals surface area (Å²) in [6.07, 6.45) is 3.16. The Morgan fingerprint density at radius 2 is 2.08 bits per heavy atom. The normalized spacial score (nSPS) is 11.0. The molecule has 3 aromatic rings. The van der Waals surface area contributed by atoms with Crippen molar-refractivity contribution in [2.45, 2.75) is 13.8 Å². The Labute approximate surface area is 149 Å². The maximum atomic E-state index is 11.8. The molecule has 0 saturated carbocycles. The van der Waals surface area contributed by atoms with Crippen LogP contribution in [0.4, 0.5) is 5.82 Å². The van der Waals surface area contributed by atoms with Crippen LogP contribution in [-0.4, -0.2) is 27.8 Å². The highest BCUT2D eigenvalue weighted by atomic mass is 32.1. The smallest absolute Gasteiger partial charge is 0.249 e. The number of hydrogen-bond acceptors (Lipinski definition) is 5. The molecule has 0 saturated heterocycles. The number of benzene rings is 1. The third kappa shape index (κ3) is 3.77. The van der Waals surface area contributed by atoms with Crippen LogP contribution in [0, 0.1) is 6.92 Å². The Kier molecular flexibility index (Phi) is 4.95. The number of carbonyl (C=O) groups is 1. The van der Waals surface area contributed by atoms with E-state index in [9.17, 15) is 4.79 Å². The number of aromatic nitrogens is 3. The molecule has 2 aromatic heterocycles. The molecule has 0 aliphatic rings. The van der Waals surface area contributed by atoms with Gasteiger partial charge in [-0.3, -0.25) is 4.79 Å². The molecule has 1 N–H and O–H groups in total. The highest BCUT2D eigenvalue weighted by molar-refractivity contribution is 7.12. The molecule has 0 unspecified atom stereocenters. The second-order valence-corrected chi connectivity index (χ2v) is 6.15. The molecule has 0 bridgehead atoms. The van der Waals surface area contributed by atoms with Crippen molar-refractivity contribution in [1.82, 2.24) is 14.8 Å². The van der Waals surface area contributed by atoms with E-state index in [2.05, 4.69) is 15.4 Å². The van der Waals surface area contributed by atoms with Crippen molar-refractivity contribution in [3.63, 3.8) is 0 Å². The SMILES string of the molecule is C/C=C\C(=O)Nc1cc(C)nn1-c1nc(-c2ccc(OC)cc2)cs1. The molecular weight excluding hydrogens is 336 g/mol. The number of nitrogens with one attached hydrogen (secondary N) is 1. The van der Waals surface area contributed by atoms with Gasteiger partial charge < -0.3 is 10.1 Å². The maximum absolute atomic E-state index is 11.8. The van der Waals surface area contributed by atoms with E-state index in [1.165, 1.54) is 17.4 Å². The van der Waals surface area contributed by atoms with E-state index >= 15 is 0 Å². The van der Waals surface area contributed by atoms with Crippen LogP contribution in [0.25, 0.3) is 16.4 Å². The van der Waals surface area contributed by atoms with Crippen LogP contribution in [-0.2, 0) is 4.79 Å². The van der Waals surface area contributed by atoms with Gasteiger partial charge in [-0.2, -0.15) is 9.78 Å². The number of hydrogen-bond donors (Lipinski definition) is 1. The summed E-state index contributed by atoms with van der Waals surface area (Å²) in [4.78, 5) is 16.5. The number of amides is 1. The summed E-state index contributed by atoms with van der Waals surface area (Å²) in [5.41, 5.74) is 2.64. The highest BCUT2D eigenvalue weighted by Crippen LogP contribution is 2.27. The van der Waals surface area contributed by atoms with Gasteiger partial charge in [-0.05, 0) is 44.2 Å². The van der Waals surface area contributed by atoms with E-state index in [1.54, 1.807) is 24.8 Å². The Morgan fingerprint density at radius 3 is 2.76 bits per heavy atom. The van der Waals surface area contributed by atoms with E-state index < -0.39 is 0 Å². The number of rotatable bonds is 5. The summed E-state index contributed by atoms with van der Waals surface area (Å²) >= 11 is 1.46. The molecule has 25 heavy (non-hydrogen) atoms. The van der Waals surface area contributed by atoms with Gasteiger partial charge in [0.15, 0.2) is 0 Å². The lowest BCUT2D eigenvalue weighted by molar-refractivity contribution is -0.111. The lowest BCUT2D eigenvalue weighted by Gasteiger charge is -2.04. The molecule has 3 rings (SSSR count). The topological polar surface area (TPSA) is 69.0 Å². The monoisotopic (exact) mass is 354 g/mol. The molecule has 0 fully saturated rings. The fourth-order valence-electron chi connectivity index (χ4n) is 2.31. The van der Waals surface area contributed by atoms with Crippen LogP contribution in [0.5, 0.6) is 5.75 Å². The first kappa shape index (κ1) is 16.9. The number of nitrogens with zero attached hydrogens (tertiary/aromatic N) is 3. The van der Waals surface area contributed by atoms with Gasteiger partial charge >= 0.3 is 0 Å². The first-order valence-corrected chi connectivity index (χ1v) is 8.59. The van der Waals surface area contributed by atoms with E-state index in [0.717, 1.165) is 22.7 Å². The number of carbonyl (C=O) groups excluding carboxylic acids is 1. The van der Waals surface area contributed by atoms with Crippen molar-refractivity contribution < 1.29 is 9.53 Å². The molecule has 6 nitrogen and oxygen atoms in total. The Morgan fingerprint density at radius 1 is 1.32 bits per heavy atom. The van der Waals surface area contributed by atoms with E-state index in [4.69, 9.17) is 4.74 Å². The zero-order valence-electron chi connectivity index (χ0n) is 14.2. The molecule has 1 aromatic carbocycles. The van der Waals surface area contributed by atoms with Crippen molar-refractivity contribution in [3.05, 3.63) is 53.6 Å². The fraction of sp³-hybridized carbons (Fsp3) is 0.167. The second-order valence-electron chi connectivity index (χ2n) is 5.32. The van der Waals surface area contributed by atoms with Crippen molar-refractivity contribution in [1.29, 1.82) is 0 Å². The zero-order chi connectivity index (χ0) is 17.8. The second kappa shape index (κ2) is 7.31. The fourth-order valence-corrected chi connectivity index (χ4v) is 3.11. The van der Waals surface area contributed by atoms with Crippen LogP contribution in [0.15, 0.2) is 47.9 Å². The summed E-state index contributed by atoms with van der Waals surface area (Å²) in [6.45, 7) is 3.67. The summed E-state index contributed by atoms with van der Waals surface area (Å²) in [5, 5.41) is 9.91. The number of allylic oxidation sites excluding steroid dienone is 1. The molecule has 0 spiro atoms. The molecule has 1 amide bonds. The highest BCUT2D eigenvalue weighted by Gasteiger charge is 2.13. The summed E-state index contributed by atoms with van der Waals surface area (Å²) < 4.78 is 6.82. The first-order valence-electron chi connectivity index (χ1n) is 7.71. The number of thiazole rings is 1. The van der Waals surface area contributed by atoms with E-state index in [1.807, 2.05) is 42.6 Å². The zero-order valence-corrected chi connectivity index (χ0v) is 15.0. The van der Waals surface area contributed by atoms with Gasteiger partial charge in [-0.1, -0.05) is 6.08 Å². The third-order valence-corrected chi connectivity index (χ3v) is 4.28. The lowest BCUT2D eigenvalue weighted by atomic mass is 10.2. The van der Waals surface area contributed by atoms with Gasteiger partial charge in [0, 0.05) is 17.0 Å². The molecule has 0 atom stereocenters. The number of aryl methyl sites for hydroxylation is 1. The van der Waals surface area contributed by atoms with Crippen LogP contribution in [0.2, 0.25) is 0 Å². The quantitative estimate of drug-likeness (QED) is 0.707. The molecular formula is C18H18N4O2S. The Bertz CT molecular complexity index is 910. The standard InChI is InChI=1S/C18H18N4O2S/c1-4-5-17(23)20-16-10-12(2)21-22(16)18-19-15(11-25-18)13-6-8-14(24-3)9-7-13/h4-11H,1-3H3,(H,20,23)/b5-4-. The van der Waals surface area contributed by atoms with Crippen molar-refractivity contribution in [2.75, 3.05) is 12.4 Å².